The molecule has 0 fully saturated rings. The zero-order valence-electron chi connectivity index (χ0n) is 13.5. The molecule has 0 atom stereocenters. The van der Waals surface area contributed by atoms with Gasteiger partial charge in [-0.2, -0.15) is 5.26 Å². The van der Waals surface area contributed by atoms with Gasteiger partial charge in [-0.05, 0) is 42.0 Å². The first kappa shape index (κ1) is 16.2. The van der Waals surface area contributed by atoms with Gasteiger partial charge in [0, 0.05) is 0 Å². The molecule has 0 amide bonds. The maximum atomic E-state index is 11.5. The first-order valence-electron chi connectivity index (χ1n) is 7.51. The number of hydrogen-bond acceptors (Lipinski definition) is 6. The Morgan fingerprint density at radius 1 is 1.12 bits per heavy atom. The molecule has 2 aromatic carbocycles. The van der Waals surface area contributed by atoms with E-state index >= 15 is 0 Å². The van der Waals surface area contributed by atoms with Gasteiger partial charge in [-0.3, -0.25) is 5.01 Å². The van der Waals surface area contributed by atoms with Gasteiger partial charge < -0.3 is 4.74 Å². The maximum Gasteiger partial charge on any atom is 0.337 e. The first-order valence-corrected chi connectivity index (χ1v) is 7.51. The summed E-state index contributed by atoms with van der Waals surface area (Å²) in [6.45, 7) is 0.533. The number of benzene rings is 2. The van der Waals surface area contributed by atoms with Crippen molar-refractivity contribution in [2.75, 3.05) is 12.1 Å². The molecule has 0 N–H and O–H groups in total. The zero-order valence-corrected chi connectivity index (χ0v) is 13.5. The number of esters is 1. The van der Waals surface area contributed by atoms with Gasteiger partial charge in [0.15, 0.2) is 0 Å². The number of carbonyl (C=O) groups excluding carboxylic acids is 1. The molecular weight excluding hydrogens is 318 g/mol. The number of hydrogen-bond donors (Lipinski definition) is 0. The number of carbonyl (C=O) groups is 1. The Morgan fingerprint density at radius 3 is 2.32 bits per heavy atom. The fourth-order valence-electron chi connectivity index (χ4n) is 2.37. The Morgan fingerprint density at radius 2 is 1.76 bits per heavy atom. The molecule has 0 radical (unpaired) electrons. The van der Waals surface area contributed by atoms with Crippen molar-refractivity contribution < 1.29 is 9.53 Å². The molecule has 3 aromatic rings. The molecule has 0 spiro atoms. The fourth-order valence-corrected chi connectivity index (χ4v) is 2.37. The highest BCUT2D eigenvalue weighted by Crippen LogP contribution is 2.19. The summed E-state index contributed by atoms with van der Waals surface area (Å²) in [5.74, 6) is -0.366. The predicted molar refractivity (Wildman–Crippen MR) is 90.5 cm³/mol. The van der Waals surface area contributed by atoms with E-state index in [0.29, 0.717) is 17.7 Å². The molecule has 1 heterocycles. The molecule has 0 aliphatic rings. The largest absolute Gasteiger partial charge is 0.465 e. The summed E-state index contributed by atoms with van der Waals surface area (Å²) in [7, 11) is 1.36. The van der Waals surface area contributed by atoms with Gasteiger partial charge >= 0.3 is 5.97 Å². The highest BCUT2D eigenvalue weighted by molar-refractivity contribution is 5.89. The number of anilines is 1. The van der Waals surface area contributed by atoms with Crippen LogP contribution < -0.4 is 5.01 Å². The lowest BCUT2D eigenvalue weighted by Gasteiger charge is -2.25. The van der Waals surface area contributed by atoms with Crippen LogP contribution in [-0.2, 0) is 11.3 Å². The lowest BCUT2D eigenvalue weighted by atomic mass is 10.1. The molecule has 0 aliphatic heterocycles. The van der Waals surface area contributed by atoms with Crippen LogP contribution in [0, 0.1) is 11.3 Å². The average molecular weight is 333 g/mol. The Kier molecular flexibility index (Phi) is 4.72. The molecule has 3 rings (SSSR count). The van der Waals surface area contributed by atoms with Crippen molar-refractivity contribution >= 4 is 11.7 Å². The highest BCUT2D eigenvalue weighted by Gasteiger charge is 2.11. The monoisotopic (exact) mass is 333 g/mol. The lowest BCUT2D eigenvalue weighted by Crippen LogP contribution is -2.27. The minimum absolute atomic E-state index is 0.366. The maximum absolute atomic E-state index is 11.5. The van der Waals surface area contributed by atoms with Crippen molar-refractivity contribution in [2.45, 2.75) is 6.54 Å². The summed E-state index contributed by atoms with van der Waals surface area (Å²) in [5, 5.41) is 18.6. The standard InChI is InChI=1S/C18H15N5O2/c1-25-18(24)16-6-2-15(3-7-16)11-23(22-12-20-21-13-22)17-8-4-14(10-19)5-9-17/h2-9,12-13H,11H2,1H3. The predicted octanol–water partition coefficient (Wildman–Crippen LogP) is 2.41. The molecule has 7 heteroatoms. The van der Waals surface area contributed by atoms with E-state index in [-0.39, 0.29) is 5.97 Å². The molecular formula is C18H15N5O2. The summed E-state index contributed by atoms with van der Waals surface area (Å²) < 4.78 is 6.47. The molecule has 7 nitrogen and oxygen atoms in total. The second-order valence-corrected chi connectivity index (χ2v) is 5.25. The van der Waals surface area contributed by atoms with Crippen LogP contribution in [-0.4, -0.2) is 28.0 Å². The normalized spacial score (nSPS) is 10.1. The van der Waals surface area contributed by atoms with Gasteiger partial charge in [-0.25, -0.2) is 9.47 Å². The van der Waals surface area contributed by atoms with Crippen LogP contribution in [0.1, 0.15) is 21.5 Å². The SMILES string of the molecule is COC(=O)c1ccc(CN(c2ccc(C#N)cc2)n2cnnc2)cc1. The van der Waals surface area contributed by atoms with E-state index in [1.165, 1.54) is 7.11 Å². The van der Waals surface area contributed by atoms with Crippen LogP contribution in [0.25, 0.3) is 0 Å². The molecule has 25 heavy (non-hydrogen) atoms. The second-order valence-electron chi connectivity index (χ2n) is 5.25. The van der Waals surface area contributed by atoms with Crippen molar-refractivity contribution in [1.29, 1.82) is 5.26 Å². The number of ether oxygens (including phenoxy) is 1. The summed E-state index contributed by atoms with van der Waals surface area (Å²) in [6.07, 6.45) is 3.20. The van der Waals surface area contributed by atoms with E-state index in [4.69, 9.17) is 10.00 Å². The van der Waals surface area contributed by atoms with Gasteiger partial charge in [0.25, 0.3) is 0 Å². The summed E-state index contributed by atoms with van der Waals surface area (Å²) in [4.78, 5) is 11.5. The number of rotatable bonds is 5. The molecule has 0 unspecified atom stereocenters. The second kappa shape index (κ2) is 7.27. The van der Waals surface area contributed by atoms with Crippen molar-refractivity contribution in [2.24, 2.45) is 0 Å². The Bertz CT molecular complexity index is 881. The van der Waals surface area contributed by atoms with E-state index in [9.17, 15) is 4.79 Å². The van der Waals surface area contributed by atoms with E-state index in [1.807, 2.05) is 29.3 Å². The molecule has 1 aromatic heterocycles. The van der Waals surface area contributed by atoms with Crippen LogP contribution in [0.15, 0.2) is 61.2 Å². The fraction of sp³-hybridized carbons (Fsp3) is 0.111. The number of methoxy groups -OCH3 is 1. The van der Waals surface area contributed by atoms with E-state index in [0.717, 1.165) is 11.3 Å². The summed E-state index contributed by atoms with van der Waals surface area (Å²) >= 11 is 0. The van der Waals surface area contributed by atoms with Crippen LogP contribution in [0.4, 0.5) is 5.69 Å². The minimum Gasteiger partial charge on any atom is -0.465 e. The lowest BCUT2D eigenvalue weighted by molar-refractivity contribution is 0.0600. The molecule has 0 saturated heterocycles. The van der Waals surface area contributed by atoms with Gasteiger partial charge in [-0.1, -0.05) is 12.1 Å². The third-order valence-corrected chi connectivity index (χ3v) is 3.69. The first-order chi connectivity index (χ1) is 12.2. The van der Waals surface area contributed by atoms with Crippen LogP contribution in [0.5, 0.6) is 0 Å². The summed E-state index contributed by atoms with van der Waals surface area (Å²) in [6, 6.07) is 16.5. The van der Waals surface area contributed by atoms with Crippen molar-refractivity contribution in [3.05, 3.63) is 77.9 Å². The highest BCUT2D eigenvalue weighted by atomic mass is 16.5. The van der Waals surface area contributed by atoms with Gasteiger partial charge in [0.1, 0.15) is 12.7 Å². The van der Waals surface area contributed by atoms with Gasteiger partial charge in [0.05, 0.1) is 36.5 Å². The van der Waals surface area contributed by atoms with Crippen molar-refractivity contribution in [3.63, 3.8) is 0 Å². The average Bonchev–Trinajstić information content (AvgIpc) is 3.20. The van der Waals surface area contributed by atoms with E-state index in [2.05, 4.69) is 16.3 Å². The molecule has 124 valence electrons. The Balaban J connectivity index is 1.88. The van der Waals surface area contributed by atoms with Gasteiger partial charge in [0.2, 0.25) is 0 Å². The van der Waals surface area contributed by atoms with Crippen LogP contribution in [0.2, 0.25) is 0 Å². The quantitative estimate of drug-likeness (QED) is 0.667. The summed E-state index contributed by atoms with van der Waals surface area (Å²) in [5.41, 5.74) is 2.97. The van der Waals surface area contributed by atoms with Crippen LogP contribution in [0.3, 0.4) is 0 Å². The van der Waals surface area contributed by atoms with Crippen LogP contribution >= 0.6 is 0 Å². The third kappa shape index (κ3) is 3.64. The molecule has 0 aliphatic carbocycles. The number of aromatic nitrogens is 3. The topological polar surface area (TPSA) is 84.0 Å². The van der Waals surface area contributed by atoms with Crippen molar-refractivity contribution in [1.82, 2.24) is 14.9 Å². The smallest absolute Gasteiger partial charge is 0.337 e. The molecule has 0 bridgehead atoms. The number of nitriles is 1. The minimum atomic E-state index is -0.366. The third-order valence-electron chi connectivity index (χ3n) is 3.69. The Hall–Kier alpha value is -3.66. The van der Waals surface area contributed by atoms with E-state index in [1.54, 1.807) is 41.6 Å². The van der Waals surface area contributed by atoms with Crippen molar-refractivity contribution in [3.8, 4) is 6.07 Å². The zero-order chi connectivity index (χ0) is 17.6. The van der Waals surface area contributed by atoms with Gasteiger partial charge in [-0.15, -0.1) is 10.2 Å². The Labute approximate surface area is 144 Å². The number of nitrogens with zero attached hydrogens (tertiary/aromatic N) is 5. The molecule has 0 saturated carbocycles. The van der Waals surface area contributed by atoms with E-state index < -0.39 is 0 Å².